The highest BCUT2D eigenvalue weighted by Gasteiger charge is 2.53. The summed E-state index contributed by atoms with van der Waals surface area (Å²) in [4.78, 5) is 0.711. The van der Waals surface area contributed by atoms with Gasteiger partial charge >= 0.3 is 0 Å². The molecule has 0 saturated heterocycles. The predicted octanol–water partition coefficient (Wildman–Crippen LogP) is 5.32. The number of halogens is 1. The smallest absolute Gasteiger partial charge is 0.0652 e. The lowest BCUT2D eigenvalue weighted by atomic mass is 9.61. The van der Waals surface area contributed by atoms with Crippen molar-refractivity contribution in [1.82, 2.24) is 0 Å². The van der Waals surface area contributed by atoms with E-state index in [1.807, 2.05) is 0 Å². The van der Waals surface area contributed by atoms with Gasteiger partial charge in [0.1, 0.15) is 0 Å². The van der Waals surface area contributed by atoms with E-state index < -0.39 is 0 Å². The monoisotopic (exact) mass is 316 g/mol. The summed E-state index contributed by atoms with van der Waals surface area (Å²) in [5.41, 5.74) is 0.878. The van der Waals surface area contributed by atoms with E-state index in [2.05, 4.69) is 36.7 Å². The van der Waals surface area contributed by atoms with Crippen molar-refractivity contribution in [3.05, 3.63) is 0 Å². The van der Waals surface area contributed by atoms with Gasteiger partial charge in [-0.1, -0.05) is 62.4 Å². The number of hydrogen-bond acceptors (Lipinski definition) is 1. The molecule has 0 heterocycles. The van der Waals surface area contributed by atoms with Gasteiger partial charge in [-0.05, 0) is 31.1 Å². The number of hydrogen-bond donors (Lipinski definition) is 0. The molecule has 0 amide bonds. The summed E-state index contributed by atoms with van der Waals surface area (Å²) >= 11 is 3.91. The minimum Gasteiger partial charge on any atom is -0.378 e. The molecule has 0 bridgehead atoms. The molecular formula is C16H29BrO. The molecule has 0 radical (unpaired) electrons. The molecule has 0 aromatic heterocycles. The van der Waals surface area contributed by atoms with Gasteiger partial charge < -0.3 is 4.74 Å². The Morgan fingerprint density at radius 2 is 1.72 bits per heavy atom. The molecule has 106 valence electrons. The molecule has 2 heteroatoms. The maximum Gasteiger partial charge on any atom is 0.0652 e. The van der Waals surface area contributed by atoms with Crippen LogP contribution in [0.1, 0.15) is 72.1 Å². The van der Waals surface area contributed by atoms with Crippen molar-refractivity contribution < 1.29 is 4.74 Å². The first-order valence-corrected chi connectivity index (χ1v) is 8.61. The van der Waals surface area contributed by atoms with Gasteiger partial charge in [-0.2, -0.15) is 0 Å². The molecule has 2 aliphatic rings. The molecule has 2 atom stereocenters. The van der Waals surface area contributed by atoms with Crippen molar-refractivity contribution in [3.8, 4) is 0 Å². The number of ether oxygens (including phenoxy) is 1. The Hall–Kier alpha value is 0.440. The normalized spacial score (nSPS) is 32.0. The molecule has 2 fully saturated rings. The van der Waals surface area contributed by atoms with Crippen LogP contribution in [-0.4, -0.2) is 17.5 Å². The first-order chi connectivity index (χ1) is 8.44. The van der Waals surface area contributed by atoms with Crippen molar-refractivity contribution in [2.75, 3.05) is 6.61 Å². The lowest BCUT2D eigenvalue weighted by Crippen LogP contribution is -2.55. The Morgan fingerprint density at radius 1 is 1.11 bits per heavy atom. The molecule has 2 unspecified atom stereocenters. The van der Waals surface area contributed by atoms with Crippen LogP contribution in [0.2, 0.25) is 0 Å². The molecule has 2 aliphatic carbocycles. The van der Waals surface area contributed by atoms with Crippen LogP contribution in [0, 0.1) is 10.8 Å². The Labute approximate surface area is 121 Å². The van der Waals surface area contributed by atoms with Gasteiger partial charge in [0.15, 0.2) is 0 Å². The van der Waals surface area contributed by atoms with Gasteiger partial charge in [-0.15, -0.1) is 0 Å². The van der Waals surface area contributed by atoms with E-state index in [1.54, 1.807) is 0 Å². The zero-order valence-corrected chi connectivity index (χ0v) is 13.9. The van der Waals surface area contributed by atoms with Crippen LogP contribution in [0.4, 0.5) is 0 Å². The summed E-state index contributed by atoms with van der Waals surface area (Å²) in [5, 5.41) is 0. The van der Waals surface area contributed by atoms with E-state index in [0.717, 1.165) is 6.61 Å². The second kappa shape index (κ2) is 5.83. The van der Waals surface area contributed by atoms with Crippen molar-refractivity contribution in [2.45, 2.75) is 83.1 Å². The van der Waals surface area contributed by atoms with Crippen molar-refractivity contribution in [3.63, 3.8) is 0 Å². The SMILES string of the molecule is CC(C)(C)CCOC1CC(Br)C12CCCCCC2. The predicted molar refractivity (Wildman–Crippen MR) is 81.3 cm³/mol. The summed E-state index contributed by atoms with van der Waals surface area (Å²) < 4.78 is 6.24. The van der Waals surface area contributed by atoms with Gasteiger partial charge in [-0.25, -0.2) is 0 Å². The zero-order valence-electron chi connectivity index (χ0n) is 12.3. The third-order valence-electron chi connectivity index (χ3n) is 4.89. The minimum absolute atomic E-state index is 0.397. The maximum absolute atomic E-state index is 6.24. The second-order valence-electron chi connectivity index (χ2n) is 7.52. The highest BCUT2D eigenvalue weighted by molar-refractivity contribution is 9.09. The van der Waals surface area contributed by atoms with Crippen LogP contribution < -0.4 is 0 Å². The minimum atomic E-state index is 0.397. The van der Waals surface area contributed by atoms with Crippen molar-refractivity contribution in [1.29, 1.82) is 0 Å². The fraction of sp³-hybridized carbons (Fsp3) is 1.00. The van der Waals surface area contributed by atoms with Crippen molar-refractivity contribution in [2.24, 2.45) is 10.8 Å². The lowest BCUT2D eigenvalue weighted by molar-refractivity contribution is -0.115. The highest BCUT2D eigenvalue weighted by atomic mass is 79.9. The van der Waals surface area contributed by atoms with Crippen LogP contribution in [0.15, 0.2) is 0 Å². The van der Waals surface area contributed by atoms with Gasteiger partial charge in [0, 0.05) is 16.8 Å². The summed E-state index contributed by atoms with van der Waals surface area (Å²) in [6.45, 7) is 7.83. The molecule has 2 saturated carbocycles. The summed E-state index contributed by atoms with van der Waals surface area (Å²) in [7, 11) is 0. The number of rotatable bonds is 3. The number of alkyl halides is 1. The summed E-state index contributed by atoms with van der Waals surface area (Å²) in [5.74, 6) is 0. The second-order valence-corrected chi connectivity index (χ2v) is 8.63. The third-order valence-corrected chi connectivity index (χ3v) is 6.18. The van der Waals surface area contributed by atoms with E-state index in [9.17, 15) is 0 Å². The van der Waals surface area contributed by atoms with Crippen molar-refractivity contribution >= 4 is 15.9 Å². The molecule has 0 N–H and O–H groups in total. The third kappa shape index (κ3) is 3.30. The molecule has 0 aromatic rings. The van der Waals surface area contributed by atoms with E-state index in [-0.39, 0.29) is 0 Å². The van der Waals surface area contributed by atoms with Crippen LogP contribution in [0.3, 0.4) is 0 Å². The quantitative estimate of drug-likeness (QED) is 0.641. The zero-order chi connectivity index (χ0) is 13.2. The van der Waals surface area contributed by atoms with Crippen LogP contribution in [0.5, 0.6) is 0 Å². The Balaban J connectivity index is 1.85. The largest absolute Gasteiger partial charge is 0.378 e. The highest BCUT2D eigenvalue weighted by Crippen LogP contribution is 2.55. The Kier molecular flexibility index (Phi) is 4.80. The van der Waals surface area contributed by atoms with E-state index in [1.165, 1.54) is 51.4 Å². The molecule has 1 nitrogen and oxygen atoms in total. The average Bonchev–Trinajstić information content (AvgIpc) is 2.54. The topological polar surface area (TPSA) is 9.23 Å². The first kappa shape index (κ1) is 14.8. The molecule has 0 aromatic carbocycles. The Bertz CT molecular complexity index is 261. The summed E-state index contributed by atoms with van der Waals surface area (Å²) in [6.07, 6.45) is 11.3. The molecular weight excluding hydrogens is 288 g/mol. The molecule has 18 heavy (non-hydrogen) atoms. The van der Waals surface area contributed by atoms with Crippen LogP contribution >= 0.6 is 15.9 Å². The van der Waals surface area contributed by atoms with Gasteiger partial charge in [0.05, 0.1) is 6.10 Å². The van der Waals surface area contributed by atoms with E-state index >= 15 is 0 Å². The standard InChI is InChI=1S/C16H29BrO/c1-15(2,3)10-11-18-14-12-13(17)16(14)8-6-4-5-7-9-16/h13-14H,4-12H2,1-3H3. The molecule has 0 aliphatic heterocycles. The van der Waals surface area contributed by atoms with Gasteiger partial charge in [0.2, 0.25) is 0 Å². The van der Waals surface area contributed by atoms with Crippen LogP contribution in [-0.2, 0) is 4.74 Å². The fourth-order valence-electron chi connectivity index (χ4n) is 3.46. The molecule has 1 spiro atoms. The van der Waals surface area contributed by atoms with Crippen LogP contribution in [0.25, 0.3) is 0 Å². The van der Waals surface area contributed by atoms with Gasteiger partial charge in [-0.3, -0.25) is 0 Å². The lowest BCUT2D eigenvalue weighted by Gasteiger charge is -2.53. The van der Waals surface area contributed by atoms with E-state index in [0.29, 0.717) is 21.8 Å². The van der Waals surface area contributed by atoms with Gasteiger partial charge in [0.25, 0.3) is 0 Å². The van der Waals surface area contributed by atoms with E-state index in [4.69, 9.17) is 4.74 Å². The summed E-state index contributed by atoms with van der Waals surface area (Å²) in [6, 6.07) is 0. The maximum atomic E-state index is 6.24. The Morgan fingerprint density at radius 3 is 2.22 bits per heavy atom. The first-order valence-electron chi connectivity index (χ1n) is 7.70. The average molecular weight is 317 g/mol. The molecule has 2 rings (SSSR count). The fourth-order valence-corrected chi connectivity index (χ4v) is 4.55.